The van der Waals surface area contributed by atoms with Crippen molar-refractivity contribution in [3.8, 4) is 0 Å². The van der Waals surface area contributed by atoms with Gasteiger partial charge in [0.2, 0.25) is 0 Å². The van der Waals surface area contributed by atoms with Crippen molar-refractivity contribution in [3.63, 3.8) is 0 Å². The van der Waals surface area contributed by atoms with Crippen molar-refractivity contribution in [1.29, 1.82) is 0 Å². The van der Waals surface area contributed by atoms with Crippen LogP contribution in [0.25, 0.3) is 0 Å². The molecule has 0 aromatic rings. The topological polar surface area (TPSA) is 72.8 Å². The van der Waals surface area contributed by atoms with Crippen LogP contribution >= 0.6 is 0 Å². The normalized spacial score (nSPS) is 9.56. The van der Waals surface area contributed by atoms with E-state index < -0.39 is 17.0 Å². The smallest absolute Gasteiger partial charge is 0.361 e. The van der Waals surface area contributed by atoms with Crippen LogP contribution in [0.5, 0.6) is 0 Å². The van der Waals surface area contributed by atoms with E-state index in [-0.39, 0.29) is 0 Å². The molecule has 0 bridgehead atoms. The molecule has 0 aliphatic carbocycles. The Morgan fingerprint density at radius 2 is 1.56 bits per heavy atom. The lowest BCUT2D eigenvalue weighted by Crippen LogP contribution is -2.38. The van der Waals surface area contributed by atoms with Gasteiger partial charge >= 0.3 is 26.9 Å². The zero-order valence-electron chi connectivity index (χ0n) is 8.46. The van der Waals surface area contributed by atoms with E-state index in [4.69, 9.17) is 12.9 Å². The van der Waals surface area contributed by atoms with Crippen LogP contribution in [0.15, 0.2) is 25.3 Å². The molecule has 0 heterocycles. The van der Waals surface area contributed by atoms with Crippen LogP contribution in [-0.2, 0) is 18.9 Å². The molecule has 0 unspecified atom stereocenters. The van der Waals surface area contributed by atoms with Gasteiger partial charge in [0.05, 0.1) is 7.85 Å². The molecule has 5 radical (unpaired) electrons. The molecule has 9 heteroatoms. The van der Waals surface area contributed by atoms with Crippen molar-refractivity contribution in [2.75, 3.05) is 0 Å². The third-order valence-electron chi connectivity index (χ3n) is 1.32. The van der Waals surface area contributed by atoms with Gasteiger partial charge in [-0.25, -0.2) is 9.59 Å². The van der Waals surface area contributed by atoms with Crippen molar-refractivity contribution in [3.05, 3.63) is 25.3 Å². The first-order valence-electron chi connectivity index (χ1n) is 4.09. The summed E-state index contributed by atoms with van der Waals surface area (Å²) in [5, 5.41) is 7.11. The summed E-state index contributed by atoms with van der Waals surface area (Å²) in [4.78, 5) is 21.4. The van der Waals surface area contributed by atoms with Crippen LogP contribution in [0.3, 0.4) is 0 Å². The maximum Gasteiger partial charge on any atom is 0.361 e. The Morgan fingerprint density at radius 1 is 1.19 bits per heavy atom. The lowest BCUT2D eigenvalue weighted by molar-refractivity contribution is -0.129. The molecule has 5 nitrogen and oxygen atoms in total. The van der Waals surface area contributed by atoms with Crippen LogP contribution in [0.4, 0.5) is 0 Å². The van der Waals surface area contributed by atoms with Crippen LogP contribution in [0, 0.1) is 0 Å². The Kier molecular flexibility index (Phi) is 6.41. The molecule has 0 spiro atoms. The van der Waals surface area contributed by atoms with Gasteiger partial charge in [0.15, 0.2) is 0 Å². The highest BCUT2D eigenvalue weighted by molar-refractivity contribution is 6.86. The standard InChI is InChI=1S/C7H7B4O5/c1-3-5(12)15-10-7(8,9-14)11-16-6(13)4-2/h3-4,14H,1-2H2. The number of carbonyl (C=O) groups excluding carboxylic acids is 2. The molecule has 1 N–H and O–H groups in total. The average molecular weight is 214 g/mol. The first-order chi connectivity index (χ1) is 7.47. The number of hydrogen-bond acceptors (Lipinski definition) is 5. The van der Waals surface area contributed by atoms with Crippen molar-refractivity contribution < 1.29 is 23.9 Å². The maximum atomic E-state index is 10.7. The minimum Gasteiger partial charge on any atom is -0.537 e. The summed E-state index contributed by atoms with van der Waals surface area (Å²) < 4.78 is 8.93. The Morgan fingerprint density at radius 3 is 1.81 bits per heavy atom. The molecule has 16 heavy (non-hydrogen) atoms. The minimum absolute atomic E-state index is 0.486. The van der Waals surface area contributed by atoms with Crippen molar-refractivity contribution in [2.45, 2.75) is 5.01 Å². The van der Waals surface area contributed by atoms with E-state index in [1.807, 2.05) is 0 Å². The van der Waals surface area contributed by atoms with Crippen LogP contribution in [0.2, 0.25) is 5.01 Å². The zero-order chi connectivity index (χ0) is 12.6. The monoisotopic (exact) mass is 215 g/mol. The number of hydrogen-bond donors (Lipinski definition) is 1. The van der Waals surface area contributed by atoms with E-state index in [1.54, 1.807) is 0 Å². The van der Waals surface area contributed by atoms with E-state index in [0.717, 1.165) is 27.1 Å². The third kappa shape index (κ3) is 5.50. The summed E-state index contributed by atoms with van der Waals surface area (Å²) in [5.74, 6) is -1.53. The van der Waals surface area contributed by atoms with E-state index in [1.165, 1.54) is 0 Å². The molecule has 0 saturated carbocycles. The van der Waals surface area contributed by atoms with E-state index in [9.17, 15) is 9.59 Å². The van der Waals surface area contributed by atoms with Gasteiger partial charge < -0.3 is 14.3 Å². The second-order valence-electron chi connectivity index (χ2n) is 2.65. The second-order valence-corrected chi connectivity index (χ2v) is 2.65. The molecule has 0 amide bonds. The molecule has 0 saturated heterocycles. The number of carbonyl (C=O) groups is 2. The molecule has 0 rings (SSSR count). The Balaban J connectivity index is 4.19. The minimum atomic E-state index is -1.70. The van der Waals surface area contributed by atoms with Gasteiger partial charge in [-0.05, 0) is 5.01 Å². The Hall–Kier alpha value is -1.36. The second kappa shape index (κ2) is 7.00. The maximum absolute atomic E-state index is 10.7. The summed E-state index contributed by atoms with van der Waals surface area (Å²) in [5.41, 5.74) is 0. The third-order valence-corrected chi connectivity index (χ3v) is 1.32. The molecule has 0 aromatic carbocycles. The van der Waals surface area contributed by atoms with Crippen LogP contribution in [-0.4, -0.2) is 47.3 Å². The van der Waals surface area contributed by atoms with E-state index in [0.29, 0.717) is 7.48 Å². The molecule has 0 fully saturated rings. The van der Waals surface area contributed by atoms with Crippen molar-refractivity contribution >= 4 is 42.2 Å². The molecule has 0 aliphatic rings. The summed E-state index contributed by atoms with van der Waals surface area (Å²) in [7, 11) is 7.52. The molecular weight excluding hydrogens is 207 g/mol. The highest BCUT2D eigenvalue weighted by atomic mass is 16.5. The zero-order valence-corrected chi connectivity index (χ0v) is 8.46. The van der Waals surface area contributed by atoms with Gasteiger partial charge in [-0.1, -0.05) is 13.2 Å². The van der Waals surface area contributed by atoms with Gasteiger partial charge in [-0.15, -0.1) is 0 Å². The molecule has 77 valence electrons. The van der Waals surface area contributed by atoms with Crippen molar-refractivity contribution in [1.82, 2.24) is 0 Å². The Bertz CT molecular complexity index is 269. The molecule has 0 aromatic heterocycles. The fourth-order valence-corrected chi connectivity index (χ4v) is 0.505. The fraction of sp³-hybridized carbons (Fsp3) is 0.143. The van der Waals surface area contributed by atoms with Crippen molar-refractivity contribution in [2.24, 2.45) is 0 Å². The van der Waals surface area contributed by atoms with Gasteiger partial charge in [-0.3, -0.25) is 0 Å². The summed E-state index contributed by atoms with van der Waals surface area (Å²) in [6.07, 6.45) is 1.81. The summed E-state index contributed by atoms with van der Waals surface area (Å²) in [6.45, 7) is 6.32. The van der Waals surface area contributed by atoms with E-state index >= 15 is 0 Å². The molecular formula is C7H7B4O5. The summed E-state index contributed by atoms with van der Waals surface area (Å²) in [6, 6.07) is 0. The number of rotatable bonds is 7. The lowest BCUT2D eigenvalue weighted by atomic mass is 9.25. The fourth-order valence-electron chi connectivity index (χ4n) is 0.505. The average Bonchev–Trinajstić information content (AvgIpc) is 2.32. The predicted molar refractivity (Wildman–Crippen MR) is 60.5 cm³/mol. The highest BCUT2D eigenvalue weighted by Crippen LogP contribution is 2.15. The van der Waals surface area contributed by atoms with Crippen LogP contribution in [0.1, 0.15) is 0 Å². The predicted octanol–water partition coefficient (Wildman–Crippen LogP) is -1.51. The molecule has 0 aliphatic heterocycles. The lowest BCUT2D eigenvalue weighted by Gasteiger charge is -2.20. The highest BCUT2D eigenvalue weighted by Gasteiger charge is 2.34. The SMILES string of the molecule is [B]C([B]O)([B]OC(=O)C=C)[B]OC(=O)C=C. The van der Waals surface area contributed by atoms with Gasteiger partial charge in [0.25, 0.3) is 7.48 Å². The van der Waals surface area contributed by atoms with Crippen LogP contribution < -0.4 is 0 Å². The quantitative estimate of drug-likeness (QED) is 0.412. The molecule has 0 atom stereocenters. The largest absolute Gasteiger partial charge is 0.537 e. The summed E-state index contributed by atoms with van der Waals surface area (Å²) >= 11 is 0. The first-order valence-corrected chi connectivity index (χ1v) is 4.09. The van der Waals surface area contributed by atoms with Gasteiger partial charge in [0, 0.05) is 12.2 Å². The van der Waals surface area contributed by atoms with Gasteiger partial charge in [0.1, 0.15) is 0 Å². The van der Waals surface area contributed by atoms with Gasteiger partial charge in [-0.2, -0.15) is 0 Å². The van der Waals surface area contributed by atoms with E-state index in [2.05, 4.69) is 22.5 Å². The first kappa shape index (κ1) is 14.6. The Labute approximate surface area is 97.1 Å².